The average Bonchev–Trinajstić information content (AvgIpc) is 2.41. The van der Waals surface area contributed by atoms with Gasteiger partial charge in [-0.2, -0.15) is 0 Å². The molecule has 2 rings (SSSR count). The highest BCUT2D eigenvalue weighted by Gasteiger charge is 2.22. The normalized spacial score (nSPS) is 16.9. The third-order valence-corrected chi connectivity index (χ3v) is 4.90. The minimum absolute atomic E-state index is 0.110. The molecule has 1 amide bonds. The number of hydrogen-bond donors (Lipinski definition) is 1. The summed E-state index contributed by atoms with van der Waals surface area (Å²) < 4.78 is 0.922. The molecule has 5 heteroatoms. The second-order valence-electron chi connectivity index (χ2n) is 4.48. The number of carbonyl (C=O) groups excluding carboxylic acids is 1. The molecule has 3 nitrogen and oxygen atoms in total. The fourth-order valence-electron chi connectivity index (χ4n) is 2.18. The highest BCUT2D eigenvalue weighted by molar-refractivity contribution is 14.1. The van der Waals surface area contributed by atoms with Crippen LogP contribution in [0.2, 0.25) is 5.02 Å². The Labute approximate surface area is 126 Å². The van der Waals surface area contributed by atoms with E-state index in [0.29, 0.717) is 11.1 Å². The van der Waals surface area contributed by atoms with Crippen LogP contribution in [0.3, 0.4) is 0 Å². The van der Waals surface area contributed by atoms with E-state index >= 15 is 0 Å². The summed E-state index contributed by atoms with van der Waals surface area (Å²) in [6, 6.07) is 5.99. The number of carbonyl (C=O) groups is 1. The third kappa shape index (κ3) is 3.16. The van der Waals surface area contributed by atoms with Gasteiger partial charge >= 0.3 is 0 Å². The van der Waals surface area contributed by atoms with Gasteiger partial charge in [-0.1, -0.05) is 11.6 Å². The summed E-state index contributed by atoms with van der Waals surface area (Å²) in [5.41, 5.74) is 0.728. The second-order valence-corrected chi connectivity index (χ2v) is 6.05. The number of hydrogen-bond acceptors (Lipinski definition) is 2. The molecule has 0 saturated carbocycles. The molecule has 0 radical (unpaired) electrons. The van der Waals surface area contributed by atoms with Gasteiger partial charge in [0.25, 0.3) is 5.91 Å². The van der Waals surface area contributed by atoms with E-state index in [9.17, 15) is 4.79 Å². The zero-order valence-corrected chi connectivity index (χ0v) is 13.2. The highest BCUT2D eigenvalue weighted by Crippen LogP contribution is 2.21. The summed E-state index contributed by atoms with van der Waals surface area (Å²) in [5, 5.41) is 3.96. The standard InChI is InChI=1S/C13H16ClIN2O/c1-16-10-4-6-17(7-5-10)13(18)9-2-3-11(14)12(15)8-9/h2-3,8,10,16H,4-7H2,1H3. The summed E-state index contributed by atoms with van der Waals surface area (Å²) in [6.45, 7) is 1.65. The number of rotatable bonds is 2. The molecule has 1 fully saturated rings. The van der Waals surface area contributed by atoms with Crippen molar-refractivity contribution < 1.29 is 4.79 Å². The maximum Gasteiger partial charge on any atom is 0.253 e. The van der Waals surface area contributed by atoms with E-state index in [2.05, 4.69) is 27.9 Å². The number of nitrogens with zero attached hydrogens (tertiary/aromatic N) is 1. The second kappa shape index (κ2) is 6.21. The van der Waals surface area contributed by atoms with Gasteiger partial charge in [0.05, 0.1) is 5.02 Å². The largest absolute Gasteiger partial charge is 0.339 e. The van der Waals surface area contributed by atoms with Crippen LogP contribution in [0.15, 0.2) is 18.2 Å². The van der Waals surface area contributed by atoms with Crippen LogP contribution in [0, 0.1) is 3.57 Å². The predicted octanol–water partition coefficient (Wildman–Crippen LogP) is 2.77. The van der Waals surface area contributed by atoms with Crippen LogP contribution < -0.4 is 5.32 Å². The Bertz CT molecular complexity index is 445. The SMILES string of the molecule is CNC1CCN(C(=O)c2ccc(Cl)c(I)c2)CC1. The molecule has 0 unspecified atom stereocenters. The van der Waals surface area contributed by atoms with Crippen molar-refractivity contribution in [1.82, 2.24) is 10.2 Å². The lowest BCUT2D eigenvalue weighted by Gasteiger charge is -2.31. The first-order chi connectivity index (χ1) is 8.61. The van der Waals surface area contributed by atoms with Crippen molar-refractivity contribution in [3.63, 3.8) is 0 Å². The van der Waals surface area contributed by atoms with E-state index in [-0.39, 0.29) is 5.91 Å². The Kier molecular flexibility index (Phi) is 4.86. The molecule has 98 valence electrons. The summed E-state index contributed by atoms with van der Waals surface area (Å²) in [4.78, 5) is 14.2. The number of piperidine rings is 1. The maximum atomic E-state index is 12.3. The Hall–Kier alpha value is -0.330. The molecule has 1 aliphatic heterocycles. The van der Waals surface area contributed by atoms with Gasteiger partial charge in [0.2, 0.25) is 0 Å². The summed E-state index contributed by atoms with van der Waals surface area (Å²) >= 11 is 8.12. The molecule has 1 aromatic carbocycles. The summed E-state index contributed by atoms with van der Waals surface area (Å²) in [5.74, 6) is 0.110. The first kappa shape index (κ1) is 14.1. The van der Waals surface area contributed by atoms with Crippen LogP contribution in [0.5, 0.6) is 0 Å². The molecule has 1 aliphatic rings. The fourth-order valence-corrected chi connectivity index (χ4v) is 2.82. The van der Waals surface area contributed by atoms with Crippen molar-refractivity contribution in [2.24, 2.45) is 0 Å². The van der Waals surface area contributed by atoms with E-state index in [1.54, 1.807) is 12.1 Å². The molecule has 1 aromatic rings. The molecule has 0 aromatic heterocycles. The summed E-state index contributed by atoms with van der Waals surface area (Å²) in [6.07, 6.45) is 2.04. The van der Waals surface area contributed by atoms with Gasteiger partial charge in [0, 0.05) is 28.3 Å². The molecule has 0 aliphatic carbocycles. The Morgan fingerprint density at radius 3 is 2.67 bits per heavy atom. The molecule has 0 atom stereocenters. The van der Waals surface area contributed by atoms with E-state index in [1.807, 2.05) is 18.0 Å². The number of nitrogens with one attached hydrogen (secondary N) is 1. The topological polar surface area (TPSA) is 32.3 Å². The minimum atomic E-state index is 0.110. The van der Waals surface area contributed by atoms with Crippen molar-refractivity contribution >= 4 is 40.1 Å². The molecule has 0 spiro atoms. The summed E-state index contributed by atoms with van der Waals surface area (Å²) in [7, 11) is 1.98. The monoisotopic (exact) mass is 378 g/mol. The quantitative estimate of drug-likeness (QED) is 0.803. The molecule has 1 heterocycles. The molecule has 18 heavy (non-hydrogen) atoms. The lowest BCUT2D eigenvalue weighted by molar-refractivity contribution is 0.0707. The lowest BCUT2D eigenvalue weighted by Crippen LogP contribution is -2.43. The lowest BCUT2D eigenvalue weighted by atomic mass is 10.0. The predicted molar refractivity (Wildman–Crippen MR) is 82.2 cm³/mol. The maximum absolute atomic E-state index is 12.3. The number of halogens is 2. The van der Waals surface area contributed by atoms with Crippen LogP contribution in [0.25, 0.3) is 0 Å². The van der Waals surface area contributed by atoms with Crippen molar-refractivity contribution in [2.45, 2.75) is 18.9 Å². The third-order valence-electron chi connectivity index (χ3n) is 3.36. The first-order valence-electron chi connectivity index (χ1n) is 6.03. The highest BCUT2D eigenvalue weighted by atomic mass is 127. The van der Waals surface area contributed by atoms with Gasteiger partial charge in [-0.3, -0.25) is 4.79 Å². The first-order valence-corrected chi connectivity index (χ1v) is 7.49. The van der Waals surface area contributed by atoms with E-state index in [4.69, 9.17) is 11.6 Å². The van der Waals surface area contributed by atoms with Gasteiger partial charge in [-0.15, -0.1) is 0 Å². The van der Waals surface area contributed by atoms with Crippen molar-refractivity contribution in [2.75, 3.05) is 20.1 Å². The van der Waals surface area contributed by atoms with Crippen LogP contribution >= 0.6 is 34.2 Å². The smallest absolute Gasteiger partial charge is 0.253 e. The van der Waals surface area contributed by atoms with Crippen LogP contribution in [0.4, 0.5) is 0 Å². The molecule has 1 saturated heterocycles. The Morgan fingerprint density at radius 1 is 1.44 bits per heavy atom. The van der Waals surface area contributed by atoms with Gasteiger partial charge in [0.15, 0.2) is 0 Å². The fraction of sp³-hybridized carbons (Fsp3) is 0.462. The van der Waals surface area contributed by atoms with Gasteiger partial charge < -0.3 is 10.2 Å². The Balaban J connectivity index is 2.05. The zero-order chi connectivity index (χ0) is 13.1. The molecule has 1 N–H and O–H groups in total. The van der Waals surface area contributed by atoms with Crippen LogP contribution in [-0.2, 0) is 0 Å². The molecule has 0 bridgehead atoms. The number of likely N-dealkylation sites (tertiary alicyclic amines) is 1. The van der Waals surface area contributed by atoms with Gasteiger partial charge in [0.1, 0.15) is 0 Å². The molecular weight excluding hydrogens is 363 g/mol. The average molecular weight is 379 g/mol. The minimum Gasteiger partial charge on any atom is -0.339 e. The number of amides is 1. The van der Waals surface area contributed by atoms with Crippen molar-refractivity contribution in [3.05, 3.63) is 32.4 Å². The molecular formula is C13H16ClIN2O. The van der Waals surface area contributed by atoms with Crippen molar-refractivity contribution in [1.29, 1.82) is 0 Å². The number of benzene rings is 1. The van der Waals surface area contributed by atoms with Gasteiger partial charge in [-0.25, -0.2) is 0 Å². The van der Waals surface area contributed by atoms with E-state index in [1.165, 1.54) is 0 Å². The van der Waals surface area contributed by atoms with Crippen molar-refractivity contribution in [3.8, 4) is 0 Å². The Morgan fingerprint density at radius 2 is 2.11 bits per heavy atom. The zero-order valence-electron chi connectivity index (χ0n) is 10.2. The van der Waals surface area contributed by atoms with Crippen LogP contribution in [0.1, 0.15) is 23.2 Å². The van der Waals surface area contributed by atoms with Gasteiger partial charge in [-0.05, 0) is 60.7 Å². The van der Waals surface area contributed by atoms with E-state index < -0.39 is 0 Å². The van der Waals surface area contributed by atoms with E-state index in [0.717, 1.165) is 35.1 Å². The van der Waals surface area contributed by atoms with Crippen LogP contribution in [-0.4, -0.2) is 37.0 Å².